The minimum absolute atomic E-state index is 0.000893. The average Bonchev–Trinajstić information content (AvgIpc) is 4.00. The van der Waals surface area contributed by atoms with Crippen LogP contribution in [0.4, 0.5) is 51.2 Å². The van der Waals surface area contributed by atoms with E-state index in [-0.39, 0.29) is 16.2 Å². The molecule has 0 spiro atoms. The fourth-order valence-corrected chi connectivity index (χ4v) is 12.0. The number of halogens is 1. The van der Waals surface area contributed by atoms with Crippen molar-refractivity contribution in [3.63, 3.8) is 0 Å². The number of rotatable bonds is 11. The fourth-order valence-electron chi connectivity index (χ4n) is 11.4. The summed E-state index contributed by atoms with van der Waals surface area (Å²) < 4.78 is 0.972. The van der Waals surface area contributed by atoms with Gasteiger partial charge in [0, 0.05) is 39.8 Å². The van der Waals surface area contributed by atoms with E-state index in [1.807, 2.05) is 0 Å². The van der Waals surface area contributed by atoms with E-state index in [9.17, 15) is 0 Å². The molecule has 3 nitrogen and oxygen atoms in total. The van der Waals surface area contributed by atoms with Gasteiger partial charge in [0.2, 0.25) is 0 Å². The number of hydrogen-bond acceptors (Lipinski definition) is 3. The van der Waals surface area contributed by atoms with Crippen LogP contribution in [0.2, 0.25) is 0 Å². The van der Waals surface area contributed by atoms with Gasteiger partial charge >= 0.3 is 0 Å². The fraction of sp³-hybridized carbons (Fsp3) is 0.178. The van der Waals surface area contributed by atoms with Crippen molar-refractivity contribution in [1.29, 1.82) is 0 Å². The maximum atomic E-state index is 4.47. The third-order valence-electron chi connectivity index (χ3n) is 15.4. The molecule has 1 aliphatic carbocycles. The molecule has 0 atom stereocenters. The van der Waals surface area contributed by atoms with Gasteiger partial charge in [-0.1, -0.05) is 220 Å². The molecule has 0 N–H and O–H groups in total. The third-order valence-corrected chi connectivity index (χ3v) is 16.3. The Morgan fingerprint density at radius 2 is 0.636 bits per heavy atom. The quantitative estimate of drug-likeness (QED) is 0.128. The Morgan fingerprint density at radius 3 is 1.10 bits per heavy atom. The van der Waals surface area contributed by atoms with Crippen molar-refractivity contribution in [3.05, 3.63) is 292 Å². The van der Waals surface area contributed by atoms with Gasteiger partial charge in [-0.05, 0) is 173 Å². The second kappa shape index (κ2) is 20.2. The SMILES string of the molecule is CC(C)(C)c1ccc(N(c2ccc(C(C)(C)C)cc2)c2cc(C(C)(C)C)cc(N(c3cccc(N(c4ccccc4)c4ccccc4)c3)c3ccc4c(c3)C(c3ccccc3)(c3ccccc3)c3ccccc3-4)c2Br)cc1. The number of benzene rings is 10. The second-order valence-corrected chi connectivity index (χ2v) is 24.4. The molecule has 0 unspecified atom stereocenters. The summed E-state index contributed by atoms with van der Waals surface area (Å²) in [5.74, 6) is 0. The van der Waals surface area contributed by atoms with Gasteiger partial charge in [0.15, 0.2) is 0 Å². The molecule has 0 amide bonds. The van der Waals surface area contributed by atoms with Crippen molar-refractivity contribution in [2.75, 3.05) is 14.7 Å². The van der Waals surface area contributed by atoms with Gasteiger partial charge in [-0.2, -0.15) is 0 Å². The van der Waals surface area contributed by atoms with Crippen molar-refractivity contribution < 1.29 is 0 Å². The highest BCUT2D eigenvalue weighted by Crippen LogP contribution is 2.58. The first-order valence-corrected chi connectivity index (χ1v) is 27.8. The summed E-state index contributed by atoms with van der Waals surface area (Å²) in [7, 11) is 0. The Bertz CT molecular complexity index is 3540. The zero-order chi connectivity index (χ0) is 53.7. The average molecular weight is 1070 g/mol. The minimum atomic E-state index is -0.597. The molecule has 1 aliphatic rings. The molecular weight excluding hydrogens is 999 g/mol. The molecule has 382 valence electrons. The monoisotopic (exact) mass is 1070 g/mol. The van der Waals surface area contributed by atoms with Crippen LogP contribution in [-0.4, -0.2) is 0 Å². The molecule has 0 fully saturated rings. The first-order chi connectivity index (χ1) is 37.0. The Morgan fingerprint density at radius 1 is 0.286 bits per heavy atom. The van der Waals surface area contributed by atoms with Crippen LogP contribution >= 0.6 is 15.9 Å². The summed E-state index contributed by atoms with van der Waals surface area (Å²) in [6.45, 7) is 20.7. The maximum absolute atomic E-state index is 4.47. The van der Waals surface area contributed by atoms with Crippen molar-refractivity contribution in [1.82, 2.24) is 0 Å². The molecule has 11 rings (SSSR count). The van der Waals surface area contributed by atoms with Crippen LogP contribution in [0.3, 0.4) is 0 Å². The summed E-state index contributed by atoms with van der Waals surface area (Å²) >= 11 is 4.47. The van der Waals surface area contributed by atoms with Gasteiger partial charge in [-0.3, -0.25) is 0 Å². The molecule has 0 aliphatic heterocycles. The molecule has 10 aromatic rings. The highest BCUT2D eigenvalue weighted by Gasteiger charge is 2.46. The van der Waals surface area contributed by atoms with Gasteiger partial charge in [-0.15, -0.1) is 0 Å². The van der Waals surface area contributed by atoms with E-state index in [1.165, 1.54) is 50.1 Å². The molecule has 0 saturated heterocycles. The molecule has 10 aromatic carbocycles. The molecular formula is C73H68BrN3. The van der Waals surface area contributed by atoms with Gasteiger partial charge in [0.1, 0.15) is 0 Å². The van der Waals surface area contributed by atoms with E-state index in [4.69, 9.17) is 0 Å². The van der Waals surface area contributed by atoms with Crippen molar-refractivity contribution in [3.8, 4) is 11.1 Å². The highest BCUT2D eigenvalue weighted by atomic mass is 79.9. The molecule has 0 heterocycles. The Labute approximate surface area is 466 Å². The van der Waals surface area contributed by atoms with Crippen LogP contribution in [-0.2, 0) is 21.7 Å². The molecule has 0 radical (unpaired) electrons. The lowest BCUT2D eigenvalue weighted by Crippen LogP contribution is -2.28. The third kappa shape index (κ3) is 9.59. The van der Waals surface area contributed by atoms with Gasteiger partial charge in [0.05, 0.1) is 21.3 Å². The molecule has 77 heavy (non-hydrogen) atoms. The van der Waals surface area contributed by atoms with Gasteiger partial charge < -0.3 is 14.7 Å². The number of hydrogen-bond donors (Lipinski definition) is 0. The Kier molecular flexibility index (Phi) is 13.4. The van der Waals surface area contributed by atoms with Crippen molar-refractivity contribution in [2.45, 2.75) is 84.0 Å². The lowest BCUT2D eigenvalue weighted by Gasteiger charge is -2.36. The topological polar surface area (TPSA) is 9.72 Å². The Balaban J connectivity index is 1.21. The summed E-state index contributed by atoms with van der Waals surface area (Å²) in [6, 6.07) is 92.1. The van der Waals surface area contributed by atoms with Crippen molar-refractivity contribution >= 4 is 67.1 Å². The predicted octanol–water partition coefficient (Wildman–Crippen LogP) is 21.1. The standard InChI is InChI=1S/C73H68BrN3/c1-70(2,3)51-37-41-58(42-38-51)76(59-43-39-52(40-44-59)71(4,5)6)67-47-55(72(7,8)9)48-68(69(67)74)77(61-34-24-33-60(49-61)75(56-29-18-12-19-30-56)57-31-20-13-21-32-57)62-45-46-64-63-35-22-23-36-65(63)73(66(64)50-62,53-25-14-10-15-26-53)54-27-16-11-17-28-54/h10-50H,1-9H3. The summed E-state index contributed by atoms with van der Waals surface area (Å²) in [5, 5.41) is 0. The first-order valence-electron chi connectivity index (χ1n) is 27.0. The van der Waals surface area contributed by atoms with E-state index >= 15 is 0 Å². The second-order valence-electron chi connectivity index (χ2n) is 23.6. The largest absolute Gasteiger partial charge is 0.310 e. The van der Waals surface area contributed by atoms with Crippen molar-refractivity contribution in [2.24, 2.45) is 0 Å². The summed E-state index contributed by atoms with van der Waals surface area (Å²) in [5.41, 5.74) is 19.9. The maximum Gasteiger partial charge on any atom is 0.0714 e. The number of para-hydroxylation sites is 2. The molecule has 0 saturated carbocycles. The van der Waals surface area contributed by atoms with Crippen LogP contribution in [0.5, 0.6) is 0 Å². The van der Waals surface area contributed by atoms with Gasteiger partial charge in [0.25, 0.3) is 0 Å². The van der Waals surface area contributed by atoms with E-state index < -0.39 is 5.41 Å². The summed E-state index contributed by atoms with van der Waals surface area (Å²) in [4.78, 5) is 7.29. The smallest absolute Gasteiger partial charge is 0.0714 e. The van der Waals surface area contributed by atoms with Crippen LogP contribution < -0.4 is 14.7 Å². The lowest BCUT2D eigenvalue weighted by atomic mass is 9.67. The lowest BCUT2D eigenvalue weighted by molar-refractivity contribution is 0.589. The highest BCUT2D eigenvalue weighted by molar-refractivity contribution is 9.10. The molecule has 4 heteroatoms. The molecule has 0 aromatic heterocycles. The normalized spacial score (nSPS) is 12.9. The van der Waals surface area contributed by atoms with Gasteiger partial charge in [-0.25, -0.2) is 0 Å². The van der Waals surface area contributed by atoms with Crippen LogP contribution in [0.1, 0.15) is 101 Å². The summed E-state index contributed by atoms with van der Waals surface area (Å²) in [6.07, 6.45) is 0. The number of fused-ring (bicyclic) bond motifs is 3. The van der Waals surface area contributed by atoms with E-state index in [0.29, 0.717) is 0 Å². The van der Waals surface area contributed by atoms with Crippen LogP contribution in [0.15, 0.2) is 253 Å². The Hall–Kier alpha value is -7.92. The minimum Gasteiger partial charge on any atom is -0.310 e. The van der Waals surface area contributed by atoms with E-state index in [2.05, 4.69) is 342 Å². The molecule has 0 bridgehead atoms. The van der Waals surface area contributed by atoms with E-state index in [0.717, 1.165) is 55.7 Å². The van der Waals surface area contributed by atoms with Crippen LogP contribution in [0.25, 0.3) is 11.1 Å². The first kappa shape index (κ1) is 51.2. The number of nitrogens with zero attached hydrogens (tertiary/aromatic N) is 3. The zero-order valence-corrected chi connectivity index (χ0v) is 47.5. The van der Waals surface area contributed by atoms with E-state index in [1.54, 1.807) is 0 Å². The zero-order valence-electron chi connectivity index (χ0n) is 45.9. The number of anilines is 9. The van der Waals surface area contributed by atoms with Crippen LogP contribution in [0, 0.1) is 0 Å². The predicted molar refractivity (Wildman–Crippen MR) is 332 cm³/mol.